The maximum absolute atomic E-state index is 11.0. The van der Waals surface area contributed by atoms with E-state index in [0.717, 1.165) is 31.4 Å². The van der Waals surface area contributed by atoms with Gasteiger partial charge < -0.3 is 5.11 Å². The summed E-state index contributed by atoms with van der Waals surface area (Å²) >= 11 is 6.20. The topological polar surface area (TPSA) is 38.0 Å². The maximum atomic E-state index is 11.0. The summed E-state index contributed by atoms with van der Waals surface area (Å²) in [5, 5.41) is 15.8. The molecule has 108 valence electrons. The van der Waals surface area contributed by atoms with Gasteiger partial charge in [-0.1, -0.05) is 32.4 Å². The van der Waals surface area contributed by atoms with Crippen molar-refractivity contribution in [1.29, 1.82) is 0 Å². The molecule has 1 aromatic heterocycles. The highest BCUT2D eigenvalue weighted by Crippen LogP contribution is 2.44. The van der Waals surface area contributed by atoms with Crippen molar-refractivity contribution in [3.05, 3.63) is 16.9 Å². The van der Waals surface area contributed by atoms with Crippen molar-refractivity contribution in [1.82, 2.24) is 9.78 Å². The minimum Gasteiger partial charge on any atom is -0.384 e. The molecule has 1 N–H and O–H groups in total. The number of aryl methyl sites for hydroxylation is 1. The average Bonchev–Trinajstić information content (AvgIpc) is 2.50. The third kappa shape index (κ3) is 2.97. The monoisotopic (exact) mass is 284 g/mol. The first kappa shape index (κ1) is 14.9. The zero-order valence-electron chi connectivity index (χ0n) is 12.4. The average molecular weight is 285 g/mol. The first-order valence-corrected chi connectivity index (χ1v) is 7.52. The van der Waals surface area contributed by atoms with Crippen molar-refractivity contribution in [2.24, 2.45) is 18.4 Å². The lowest BCUT2D eigenvalue weighted by atomic mass is 9.76. The summed E-state index contributed by atoms with van der Waals surface area (Å²) < 4.78 is 1.72. The molecular weight excluding hydrogens is 260 g/mol. The SMILES string of the molecule is Cn1ncc(Cl)c1C1(O)CCCC(C(C)(C)C)CC1. The number of hydrogen-bond acceptors (Lipinski definition) is 2. The first-order valence-electron chi connectivity index (χ1n) is 7.14. The Bertz CT molecular complexity index is 430. The molecule has 0 aliphatic heterocycles. The van der Waals surface area contributed by atoms with E-state index in [-0.39, 0.29) is 0 Å². The van der Waals surface area contributed by atoms with Crippen LogP contribution in [0.4, 0.5) is 0 Å². The van der Waals surface area contributed by atoms with Crippen LogP contribution in [0, 0.1) is 11.3 Å². The fraction of sp³-hybridized carbons (Fsp3) is 0.800. The van der Waals surface area contributed by atoms with E-state index in [4.69, 9.17) is 11.6 Å². The molecule has 1 heterocycles. The van der Waals surface area contributed by atoms with E-state index in [2.05, 4.69) is 25.9 Å². The minimum atomic E-state index is -0.817. The van der Waals surface area contributed by atoms with Gasteiger partial charge in [-0.2, -0.15) is 5.10 Å². The smallest absolute Gasteiger partial charge is 0.108 e. The molecule has 0 amide bonds. The Hall–Kier alpha value is -0.540. The maximum Gasteiger partial charge on any atom is 0.108 e. The van der Waals surface area contributed by atoms with E-state index in [1.54, 1.807) is 10.9 Å². The first-order chi connectivity index (χ1) is 8.74. The third-order valence-corrected chi connectivity index (χ3v) is 4.89. The zero-order chi connectivity index (χ0) is 14.3. The molecule has 1 saturated carbocycles. The van der Waals surface area contributed by atoms with E-state index in [0.29, 0.717) is 16.4 Å². The molecule has 3 nitrogen and oxygen atoms in total. The van der Waals surface area contributed by atoms with E-state index < -0.39 is 5.60 Å². The van der Waals surface area contributed by atoms with Crippen LogP contribution >= 0.6 is 11.6 Å². The Morgan fingerprint density at radius 1 is 1.37 bits per heavy atom. The molecule has 0 bridgehead atoms. The number of halogens is 1. The summed E-state index contributed by atoms with van der Waals surface area (Å²) in [7, 11) is 1.85. The van der Waals surface area contributed by atoms with Crippen LogP contribution in [-0.4, -0.2) is 14.9 Å². The van der Waals surface area contributed by atoms with E-state index in [1.165, 1.54) is 6.42 Å². The van der Waals surface area contributed by atoms with E-state index >= 15 is 0 Å². The van der Waals surface area contributed by atoms with E-state index in [1.807, 2.05) is 7.05 Å². The van der Waals surface area contributed by atoms with Crippen LogP contribution in [0.1, 0.15) is 58.6 Å². The molecule has 2 rings (SSSR count). The number of aliphatic hydroxyl groups is 1. The van der Waals surface area contributed by atoms with Crippen molar-refractivity contribution < 1.29 is 5.11 Å². The number of rotatable bonds is 1. The van der Waals surface area contributed by atoms with Gasteiger partial charge in [-0.25, -0.2) is 0 Å². The highest BCUT2D eigenvalue weighted by molar-refractivity contribution is 6.31. The Kier molecular flexibility index (Phi) is 3.99. The Labute approximate surface area is 121 Å². The van der Waals surface area contributed by atoms with Crippen LogP contribution < -0.4 is 0 Å². The Morgan fingerprint density at radius 3 is 2.58 bits per heavy atom. The van der Waals surface area contributed by atoms with Gasteiger partial charge in [0, 0.05) is 7.05 Å². The summed E-state index contributed by atoms with van der Waals surface area (Å²) in [6.45, 7) is 6.87. The van der Waals surface area contributed by atoms with Gasteiger partial charge in [-0.15, -0.1) is 0 Å². The second-order valence-corrected chi connectivity index (χ2v) is 7.40. The fourth-order valence-electron chi connectivity index (χ4n) is 3.36. The molecular formula is C15H25ClN2O. The van der Waals surface area contributed by atoms with Crippen molar-refractivity contribution in [3.63, 3.8) is 0 Å². The molecule has 1 fully saturated rings. The summed E-state index contributed by atoms with van der Waals surface area (Å²) in [5.41, 5.74) is 0.271. The van der Waals surface area contributed by atoms with Gasteiger partial charge >= 0.3 is 0 Å². The van der Waals surface area contributed by atoms with Gasteiger partial charge in [-0.05, 0) is 43.4 Å². The highest BCUT2D eigenvalue weighted by Gasteiger charge is 2.38. The van der Waals surface area contributed by atoms with Crippen molar-refractivity contribution in [2.75, 3.05) is 0 Å². The van der Waals surface area contributed by atoms with Crippen LogP contribution in [0.25, 0.3) is 0 Å². The largest absolute Gasteiger partial charge is 0.384 e. The van der Waals surface area contributed by atoms with Crippen molar-refractivity contribution in [3.8, 4) is 0 Å². The summed E-state index contributed by atoms with van der Waals surface area (Å²) in [5.74, 6) is 0.661. The van der Waals surface area contributed by atoms with Crippen LogP contribution in [0.5, 0.6) is 0 Å². The lowest BCUT2D eigenvalue weighted by Gasteiger charge is -2.31. The molecule has 0 radical (unpaired) electrons. The van der Waals surface area contributed by atoms with Crippen LogP contribution in [-0.2, 0) is 12.6 Å². The highest BCUT2D eigenvalue weighted by atomic mass is 35.5. The van der Waals surface area contributed by atoms with Gasteiger partial charge in [0.25, 0.3) is 0 Å². The molecule has 4 heteroatoms. The lowest BCUT2D eigenvalue weighted by molar-refractivity contribution is 0.0103. The van der Waals surface area contributed by atoms with Crippen LogP contribution in [0.3, 0.4) is 0 Å². The molecule has 1 aliphatic rings. The molecule has 2 atom stereocenters. The van der Waals surface area contributed by atoms with Gasteiger partial charge in [-0.3, -0.25) is 4.68 Å². The van der Waals surface area contributed by atoms with E-state index in [9.17, 15) is 5.11 Å². The quantitative estimate of drug-likeness (QED) is 0.795. The second-order valence-electron chi connectivity index (χ2n) is 6.99. The molecule has 1 aliphatic carbocycles. The molecule has 0 spiro atoms. The molecule has 1 aromatic rings. The Balaban J connectivity index is 2.23. The number of hydrogen-bond donors (Lipinski definition) is 1. The van der Waals surface area contributed by atoms with Gasteiger partial charge in [0.15, 0.2) is 0 Å². The van der Waals surface area contributed by atoms with Crippen molar-refractivity contribution >= 4 is 11.6 Å². The zero-order valence-corrected chi connectivity index (χ0v) is 13.2. The number of aromatic nitrogens is 2. The Morgan fingerprint density at radius 2 is 2.05 bits per heavy atom. The summed E-state index contributed by atoms with van der Waals surface area (Å²) in [4.78, 5) is 0. The predicted molar refractivity (Wildman–Crippen MR) is 78.1 cm³/mol. The third-order valence-electron chi connectivity index (χ3n) is 4.61. The minimum absolute atomic E-state index is 0.307. The summed E-state index contributed by atoms with van der Waals surface area (Å²) in [6.07, 6.45) is 6.44. The van der Waals surface area contributed by atoms with Gasteiger partial charge in [0.05, 0.1) is 16.9 Å². The van der Waals surface area contributed by atoms with Crippen molar-refractivity contribution in [2.45, 2.75) is 58.5 Å². The number of nitrogens with zero attached hydrogens (tertiary/aromatic N) is 2. The molecule has 19 heavy (non-hydrogen) atoms. The lowest BCUT2D eigenvalue weighted by Crippen LogP contribution is -2.29. The fourth-order valence-corrected chi connectivity index (χ4v) is 3.70. The second kappa shape index (κ2) is 5.10. The molecule has 2 unspecified atom stereocenters. The predicted octanol–water partition coefficient (Wildman–Crippen LogP) is 3.89. The normalized spacial score (nSPS) is 29.3. The standard InChI is InChI=1S/C15H25ClN2O/c1-14(2,3)11-6-5-8-15(19,9-7-11)13-12(16)10-17-18(13)4/h10-11,19H,5-9H2,1-4H3. The van der Waals surface area contributed by atoms with Crippen LogP contribution in [0.2, 0.25) is 5.02 Å². The molecule has 0 aromatic carbocycles. The molecule has 0 saturated heterocycles. The van der Waals surface area contributed by atoms with Gasteiger partial charge in [0.1, 0.15) is 5.60 Å². The van der Waals surface area contributed by atoms with Gasteiger partial charge in [0.2, 0.25) is 0 Å². The summed E-state index contributed by atoms with van der Waals surface area (Å²) in [6, 6.07) is 0. The van der Waals surface area contributed by atoms with Crippen LogP contribution in [0.15, 0.2) is 6.20 Å².